The maximum Gasteiger partial charge on any atom is 0.330 e. The molecule has 1 N–H and O–H groups in total. The average Bonchev–Trinajstić information content (AvgIpc) is 2.59. The lowest BCUT2D eigenvalue weighted by molar-refractivity contribution is -0.148. The zero-order chi connectivity index (χ0) is 18.8. The average molecular weight is 360 g/mol. The van der Waals surface area contributed by atoms with Crippen molar-refractivity contribution in [2.24, 2.45) is 0 Å². The van der Waals surface area contributed by atoms with Crippen LogP contribution in [0.4, 0.5) is 0 Å². The molecule has 1 aromatic carbocycles. The second-order valence-corrected chi connectivity index (χ2v) is 6.79. The third kappa shape index (κ3) is 7.83. The molecule has 0 saturated heterocycles. The molecular weight excluding hydrogens is 332 g/mol. The van der Waals surface area contributed by atoms with Crippen molar-refractivity contribution in [1.29, 1.82) is 0 Å². The normalized spacial score (nSPS) is 18.8. The molecular formula is C21H28O5. The molecule has 0 bridgehead atoms. The minimum Gasteiger partial charge on any atom is -0.462 e. The van der Waals surface area contributed by atoms with Gasteiger partial charge >= 0.3 is 11.9 Å². The first-order chi connectivity index (χ1) is 12.5. The van der Waals surface area contributed by atoms with E-state index in [1.165, 1.54) is 18.6 Å². The van der Waals surface area contributed by atoms with Crippen molar-refractivity contribution < 1.29 is 24.2 Å². The van der Waals surface area contributed by atoms with Crippen LogP contribution in [0, 0.1) is 0 Å². The van der Waals surface area contributed by atoms with Crippen molar-refractivity contribution in [2.45, 2.75) is 70.2 Å². The Hall–Kier alpha value is -2.14. The fourth-order valence-corrected chi connectivity index (χ4v) is 3.22. The van der Waals surface area contributed by atoms with E-state index in [9.17, 15) is 14.7 Å². The van der Waals surface area contributed by atoms with E-state index < -0.39 is 6.10 Å². The van der Waals surface area contributed by atoms with E-state index in [4.69, 9.17) is 9.47 Å². The van der Waals surface area contributed by atoms with Crippen LogP contribution in [-0.2, 0) is 25.5 Å². The summed E-state index contributed by atoms with van der Waals surface area (Å²) in [6, 6.07) is 10.3. The highest BCUT2D eigenvalue weighted by Crippen LogP contribution is 2.19. The predicted octanol–water partition coefficient (Wildman–Crippen LogP) is 3.34. The lowest BCUT2D eigenvalue weighted by Crippen LogP contribution is -2.29. The van der Waals surface area contributed by atoms with E-state index in [0.29, 0.717) is 25.7 Å². The molecule has 0 aromatic heterocycles. The minimum absolute atomic E-state index is 0.307. The molecule has 0 unspecified atom stereocenters. The van der Waals surface area contributed by atoms with E-state index in [2.05, 4.69) is 12.1 Å². The molecule has 142 valence electrons. The Morgan fingerprint density at radius 2 is 2.08 bits per heavy atom. The maximum absolute atomic E-state index is 11.3. The zero-order valence-corrected chi connectivity index (χ0v) is 15.3. The monoisotopic (exact) mass is 360 g/mol. The van der Waals surface area contributed by atoms with Crippen LogP contribution < -0.4 is 0 Å². The molecule has 26 heavy (non-hydrogen) atoms. The Kier molecular flexibility index (Phi) is 8.35. The second-order valence-electron chi connectivity index (χ2n) is 6.79. The maximum atomic E-state index is 11.3. The molecule has 0 amide bonds. The molecule has 5 nitrogen and oxygen atoms in total. The standard InChI is InChI=1S/C21H28O5/c1-16(22)25-19(11-6-5-10-17-8-3-2-4-9-17)14-18(23)15-20-12-7-13-21(24)26-20/h2-4,7-9,13,18-20,23H,5-6,10-12,14-15H2,1H3/t18-,19+,20-/m1/s1. The summed E-state index contributed by atoms with van der Waals surface area (Å²) >= 11 is 0. The van der Waals surface area contributed by atoms with Gasteiger partial charge in [0, 0.05) is 32.3 Å². The van der Waals surface area contributed by atoms with Gasteiger partial charge in [-0.2, -0.15) is 0 Å². The summed E-state index contributed by atoms with van der Waals surface area (Å²) in [6.45, 7) is 1.39. The van der Waals surface area contributed by atoms with Gasteiger partial charge in [-0.05, 0) is 31.2 Å². The van der Waals surface area contributed by atoms with Crippen LogP contribution in [0.3, 0.4) is 0 Å². The number of aliphatic hydroxyl groups is 1. The van der Waals surface area contributed by atoms with Crippen molar-refractivity contribution in [3.05, 3.63) is 48.0 Å². The number of ether oxygens (including phenoxy) is 2. The number of carbonyl (C=O) groups excluding carboxylic acids is 2. The molecule has 1 heterocycles. The van der Waals surface area contributed by atoms with Gasteiger partial charge in [0.2, 0.25) is 0 Å². The van der Waals surface area contributed by atoms with Crippen molar-refractivity contribution in [1.82, 2.24) is 0 Å². The number of rotatable bonds is 10. The number of aryl methyl sites for hydroxylation is 1. The summed E-state index contributed by atoms with van der Waals surface area (Å²) in [7, 11) is 0. The summed E-state index contributed by atoms with van der Waals surface area (Å²) in [5, 5.41) is 10.3. The molecule has 2 rings (SSSR count). The Bertz CT molecular complexity index is 596. The van der Waals surface area contributed by atoms with Gasteiger partial charge in [-0.15, -0.1) is 0 Å². The lowest BCUT2D eigenvalue weighted by atomic mass is 9.98. The number of hydrogen-bond donors (Lipinski definition) is 1. The van der Waals surface area contributed by atoms with Gasteiger partial charge in [0.25, 0.3) is 0 Å². The molecule has 0 radical (unpaired) electrons. The Morgan fingerprint density at radius 3 is 2.77 bits per heavy atom. The Labute approximate surface area is 155 Å². The van der Waals surface area contributed by atoms with E-state index in [-0.39, 0.29) is 24.1 Å². The number of hydrogen-bond acceptors (Lipinski definition) is 5. The first-order valence-corrected chi connectivity index (χ1v) is 9.29. The first-order valence-electron chi connectivity index (χ1n) is 9.29. The molecule has 0 fully saturated rings. The van der Waals surface area contributed by atoms with Crippen molar-refractivity contribution >= 4 is 11.9 Å². The second kappa shape index (κ2) is 10.8. The van der Waals surface area contributed by atoms with Gasteiger partial charge in [0.1, 0.15) is 12.2 Å². The van der Waals surface area contributed by atoms with Crippen LogP contribution in [0.1, 0.15) is 51.0 Å². The topological polar surface area (TPSA) is 72.8 Å². The number of unbranched alkanes of at least 4 members (excludes halogenated alkanes) is 1. The third-order valence-corrected chi connectivity index (χ3v) is 4.42. The van der Waals surface area contributed by atoms with E-state index in [1.54, 1.807) is 6.08 Å². The van der Waals surface area contributed by atoms with Crippen molar-refractivity contribution in [2.75, 3.05) is 0 Å². The zero-order valence-electron chi connectivity index (χ0n) is 15.3. The number of esters is 2. The summed E-state index contributed by atoms with van der Waals surface area (Å²) in [4.78, 5) is 22.6. The van der Waals surface area contributed by atoms with Crippen LogP contribution in [0.25, 0.3) is 0 Å². The van der Waals surface area contributed by atoms with Crippen LogP contribution in [-0.4, -0.2) is 35.4 Å². The van der Waals surface area contributed by atoms with Gasteiger partial charge in [0.05, 0.1) is 6.10 Å². The summed E-state index contributed by atoms with van der Waals surface area (Å²) < 4.78 is 10.5. The Morgan fingerprint density at radius 1 is 1.31 bits per heavy atom. The van der Waals surface area contributed by atoms with Gasteiger partial charge < -0.3 is 14.6 Å². The number of carbonyl (C=O) groups is 2. The van der Waals surface area contributed by atoms with Crippen LogP contribution in [0.2, 0.25) is 0 Å². The predicted molar refractivity (Wildman–Crippen MR) is 98.4 cm³/mol. The quantitative estimate of drug-likeness (QED) is 0.512. The molecule has 3 atom stereocenters. The molecule has 0 aliphatic carbocycles. The van der Waals surface area contributed by atoms with Gasteiger partial charge in [0.15, 0.2) is 0 Å². The molecule has 0 saturated carbocycles. The minimum atomic E-state index is -0.669. The SMILES string of the molecule is CC(=O)O[C@@H](CCCCc1ccccc1)C[C@@H](O)C[C@H]1CC=CC(=O)O1. The molecule has 1 aliphatic rings. The van der Waals surface area contributed by atoms with Crippen molar-refractivity contribution in [3.8, 4) is 0 Å². The first kappa shape index (κ1) is 20.2. The van der Waals surface area contributed by atoms with Crippen LogP contribution in [0.15, 0.2) is 42.5 Å². The summed E-state index contributed by atoms with van der Waals surface area (Å²) in [5.74, 6) is -0.705. The van der Waals surface area contributed by atoms with E-state index in [1.807, 2.05) is 18.2 Å². The highest BCUT2D eigenvalue weighted by Gasteiger charge is 2.23. The highest BCUT2D eigenvalue weighted by atomic mass is 16.5. The smallest absolute Gasteiger partial charge is 0.330 e. The van der Waals surface area contributed by atoms with Gasteiger partial charge in [-0.1, -0.05) is 36.4 Å². The van der Waals surface area contributed by atoms with Gasteiger partial charge in [-0.25, -0.2) is 4.79 Å². The number of aliphatic hydroxyl groups excluding tert-OH is 1. The van der Waals surface area contributed by atoms with Crippen LogP contribution in [0.5, 0.6) is 0 Å². The number of cyclic esters (lactones) is 1. The summed E-state index contributed by atoms with van der Waals surface area (Å²) in [5.41, 5.74) is 1.30. The third-order valence-electron chi connectivity index (χ3n) is 4.42. The Balaban J connectivity index is 1.73. The number of benzene rings is 1. The van der Waals surface area contributed by atoms with Gasteiger partial charge in [-0.3, -0.25) is 4.79 Å². The summed E-state index contributed by atoms with van der Waals surface area (Å²) in [6.07, 6.45) is 6.83. The molecule has 5 heteroatoms. The van der Waals surface area contributed by atoms with Crippen molar-refractivity contribution in [3.63, 3.8) is 0 Å². The lowest BCUT2D eigenvalue weighted by Gasteiger charge is -2.24. The fourth-order valence-electron chi connectivity index (χ4n) is 3.22. The fraction of sp³-hybridized carbons (Fsp3) is 0.524. The van der Waals surface area contributed by atoms with Crippen LogP contribution >= 0.6 is 0 Å². The highest BCUT2D eigenvalue weighted by molar-refractivity contribution is 5.82. The molecule has 0 spiro atoms. The largest absolute Gasteiger partial charge is 0.462 e. The molecule has 1 aliphatic heterocycles. The molecule has 1 aromatic rings. The van der Waals surface area contributed by atoms with E-state index >= 15 is 0 Å². The van der Waals surface area contributed by atoms with E-state index in [0.717, 1.165) is 19.3 Å².